The third-order valence-corrected chi connectivity index (χ3v) is 2.57. The van der Waals surface area contributed by atoms with E-state index in [1.807, 2.05) is 4.90 Å². The number of aliphatic hydroxyl groups excluding tert-OH is 1. The molecule has 2 fully saturated rings. The molecule has 5 nitrogen and oxygen atoms in total. The van der Waals surface area contributed by atoms with Crippen LogP contribution in [0.2, 0.25) is 0 Å². The highest BCUT2D eigenvalue weighted by Gasteiger charge is 2.26. The second kappa shape index (κ2) is 3.51. The Labute approximate surface area is 77.3 Å². The highest BCUT2D eigenvalue weighted by Crippen LogP contribution is 2.07. The van der Waals surface area contributed by atoms with Gasteiger partial charge in [-0.15, -0.1) is 0 Å². The molecule has 2 N–H and O–H groups in total. The molecule has 2 rings (SSSR count). The van der Waals surface area contributed by atoms with Gasteiger partial charge in [0.1, 0.15) is 0 Å². The van der Waals surface area contributed by atoms with Gasteiger partial charge in [0.2, 0.25) is 0 Å². The number of nitrogens with zero attached hydrogens (tertiary/aromatic N) is 2. The summed E-state index contributed by atoms with van der Waals surface area (Å²) in [5, 5.41) is 11.8. The molecule has 0 unspecified atom stereocenters. The molecule has 0 bridgehead atoms. The van der Waals surface area contributed by atoms with Crippen LogP contribution in [0.15, 0.2) is 0 Å². The fourth-order valence-corrected chi connectivity index (χ4v) is 1.71. The number of amides is 2. The Morgan fingerprint density at radius 1 is 1.46 bits per heavy atom. The Morgan fingerprint density at radius 3 is 2.77 bits per heavy atom. The molecule has 0 aromatic carbocycles. The summed E-state index contributed by atoms with van der Waals surface area (Å²) in [4.78, 5) is 15.1. The van der Waals surface area contributed by atoms with Crippen molar-refractivity contribution in [3.8, 4) is 0 Å². The Balaban J connectivity index is 1.65. The smallest absolute Gasteiger partial charge is 0.317 e. The molecule has 5 heteroatoms. The van der Waals surface area contributed by atoms with Gasteiger partial charge >= 0.3 is 6.03 Å². The summed E-state index contributed by atoms with van der Waals surface area (Å²) in [7, 11) is 0. The van der Waals surface area contributed by atoms with Crippen LogP contribution in [0, 0.1) is 0 Å². The average Bonchev–Trinajstić information content (AvgIpc) is 2.43. The van der Waals surface area contributed by atoms with Crippen LogP contribution in [0.1, 0.15) is 0 Å². The van der Waals surface area contributed by atoms with E-state index in [1.54, 1.807) is 0 Å². The number of hydrogen-bond donors (Lipinski definition) is 2. The highest BCUT2D eigenvalue weighted by molar-refractivity contribution is 5.76. The van der Waals surface area contributed by atoms with Crippen LogP contribution in [-0.4, -0.2) is 66.3 Å². The van der Waals surface area contributed by atoms with Gasteiger partial charge in [-0.3, -0.25) is 4.90 Å². The maximum Gasteiger partial charge on any atom is 0.317 e. The van der Waals surface area contributed by atoms with Gasteiger partial charge in [0.15, 0.2) is 0 Å². The molecule has 0 aromatic rings. The second-order valence-electron chi connectivity index (χ2n) is 3.63. The molecule has 0 aromatic heterocycles. The molecule has 0 atom stereocenters. The molecular weight excluding hydrogens is 170 g/mol. The molecule has 74 valence electrons. The predicted molar refractivity (Wildman–Crippen MR) is 47.4 cm³/mol. The van der Waals surface area contributed by atoms with Gasteiger partial charge in [0, 0.05) is 39.3 Å². The lowest BCUT2D eigenvalue weighted by molar-refractivity contribution is -0.0000110. The van der Waals surface area contributed by atoms with Crippen molar-refractivity contribution in [1.82, 2.24) is 15.1 Å². The van der Waals surface area contributed by atoms with Crippen molar-refractivity contribution in [2.75, 3.05) is 39.3 Å². The van der Waals surface area contributed by atoms with Crippen molar-refractivity contribution in [3.63, 3.8) is 0 Å². The third-order valence-electron chi connectivity index (χ3n) is 2.57. The first-order chi connectivity index (χ1) is 6.25. The zero-order valence-electron chi connectivity index (χ0n) is 7.57. The molecule has 2 aliphatic heterocycles. The van der Waals surface area contributed by atoms with Crippen LogP contribution < -0.4 is 5.32 Å². The van der Waals surface area contributed by atoms with Crippen LogP contribution in [0.25, 0.3) is 0 Å². The zero-order valence-corrected chi connectivity index (χ0v) is 7.57. The number of aliphatic hydroxyl groups is 1. The van der Waals surface area contributed by atoms with Crippen LogP contribution in [0.4, 0.5) is 4.79 Å². The monoisotopic (exact) mass is 185 g/mol. The number of hydrogen-bond acceptors (Lipinski definition) is 3. The van der Waals surface area contributed by atoms with Crippen LogP contribution >= 0.6 is 0 Å². The van der Waals surface area contributed by atoms with E-state index in [2.05, 4.69) is 10.2 Å². The van der Waals surface area contributed by atoms with Gasteiger partial charge in [-0.1, -0.05) is 0 Å². The maximum atomic E-state index is 11.1. The Kier molecular flexibility index (Phi) is 2.37. The first-order valence-electron chi connectivity index (χ1n) is 4.69. The first-order valence-corrected chi connectivity index (χ1v) is 4.69. The van der Waals surface area contributed by atoms with Crippen molar-refractivity contribution in [2.45, 2.75) is 6.10 Å². The van der Waals surface area contributed by atoms with Gasteiger partial charge in [0.25, 0.3) is 0 Å². The van der Waals surface area contributed by atoms with Gasteiger partial charge in [-0.05, 0) is 0 Å². The van der Waals surface area contributed by atoms with E-state index in [-0.39, 0.29) is 12.1 Å². The summed E-state index contributed by atoms with van der Waals surface area (Å²) in [5.41, 5.74) is 0. The first kappa shape index (κ1) is 8.77. The van der Waals surface area contributed by atoms with Gasteiger partial charge in [0.05, 0.1) is 6.10 Å². The van der Waals surface area contributed by atoms with Gasteiger partial charge in [-0.2, -0.15) is 0 Å². The SMILES string of the molecule is O=C1NCCN1CCN1CC(O)C1. The van der Waals surface area contributed by atoms with E-state index in [0.717, 1.165) is 39.3 Å². The minimum atomic E-state index is -0.146. The molecule has 13 heavy (non-hydrogen) atoms. The molecule has 0 spiro atoms. The number of β-amino-alcohol motifs (C(OH)–C–C–N with tert-alkyl or cyclic N) is 1. The zero-order chi connectivity index (χ0) is 9.26. The summed E-state index contributed by atoms with van der Waals surface area (Å²) in [6.07, 6.45) is -0.146. The second-order valence-corrected chi connectivity index (χ2v) is 3.63. The molecule has 0 radical (unpaired) electrons. The minimum Gasteiger partial charge on any atom is -0.390 e. The highest BCUT2D eigenvalue weighted by atomic mass is 16.3. The lowest BCUT2D eigenvalue weighted by Gasteiger charge is -2.36. The van der Waals surface area contributed by atoms with Crippen LogP contribution in [0.3, 0.4) is 0 Å². The molecule has 2 saturated heterocycles. The summed E-state index contributed by atoms with van der Waals surface area (Å²) in [5.74, 6) is 0. The Morgan fingerprint density at radius 2 is 2.23 bits per heavy atom. The average molecular weight is 185 g/mol. The third kappa shape index (κ3) is 1.92. The minimum absolute atomic E-state index is 0.0427. The van der Waals surface area contributed by atoms with Crippen molar-refractivity contribution >= 4 is 6.03 Å². The topological polar surface area (TPSA) is 55.8 Å². The molecule has 2 aliphatic rings. The fraction of sp³-hybridized carbons (Fsp3) is 0.875. The maximum absolute atomic E-state index is 11.1. The lowest BCUT2D eigenvalue weighted by Crippen LogP contribution is -2.53. The van der Waals surface area contributed by atoms with E-state index < -0.39 is 0 Å². The molecule has 2 amide bonds. The van der Waals surface area contributed by atoms with E-state index in [0.29, 0.717) is 0 Å². The number of nitrogens with one attached hydrogen (secondary N) is 1. The standard InChI is InChI=1S/C8H15N3O2/c12-7-5-10(6-7)3-4-11-2-1-9-8(11)13/h7,12H,1-6H2,(H,9,13). The lowest BCUT2D eigenvalue weighted by atomic mass is 10.2. The Hall–Kier alpha value is -0.810. The predicted octanol–water partition coefficient (Wildman–Crippen LogP) is -1.31. The van der Waals surface area contributed by atoms with E-state index in [1.165, 1.54) is 0 Å². The fourth-order valence-electron chi connectivity index (χ4n) is 1.71. The molecule has 2 heterocycles. The van der Waals surface area contributed by atoms with Crippen LogP contribution in [0.5, 0.6) is 0 Å². The van der Waals surface area contributed by atoms with E-state index >= 15 is 0 Å². The van der Waals surface area contributed by atoms with E-state index in [4.69, 9.17) is 5.11 Å². The van der Waals surface area contributed by atoms with Crippen molar-refractivity contribution in [3.05, 3.63) is 0 Å². The molecular formula is C8H15N3O2. The van der Waals surface area contributed by atoms with Crippen molar-refractivity contribution in [2.24, 2.45) is 0 Å². The normalized spacial score (nSPS) is 24.7. The number of carbonyl (C=O) groups excluding carboxylic acids is 1. The van der Waals surface area contributed by atoms with Crippen molar-refractivity contribution in [1.29, 1.82) is 0 Å². The summed E-state index contributed by atoms with van der Waals surface area (Å²) in [6.45, 7) is 4.75. The van der Waals surface area contributed by atoms with Gasteiger partial charge in [-0.25, -0.2) is 4.79 Å². The molecule has 0 aliphatic carbocycles. The van der Waals surface area contributed by atoms with Crippen LogP contribution in [-0.2, 0) is 0 Å². The summed E-state index contributed by atoms with van der Waals surface area (Å²) in [6, 6.07) is 0.0427. The Bertz CT molecular complexity index is 204. The molecule has 0 saturated carbocycles. The number of carbonyl (C=O) groups is 1. The number of urea groups is 1. The number of rotatable bonds is 3. The summed E-state index contributed by atoms with van der Waals surface area (Å²) < 4.78 is 0. The van der Waals surface area contributed by atoms with Crippen molar-refractivity contribution < 1.29 is 9.90 Å². The van der Waals surface area contributed by atoms with Gasteiger partial charge < -0.3 is 15.3 Å². The summed E-state index contributed by atoms with van der Waals surface area (Å²) >= 11 is 0. The van der Waals surface area contributed by atoms with E-state index in [9.17, 15) is 4.79 Å². The quantitative estimate of drug-likeness (QED) is 0.574. The largest absolute Gasteiger partial charge is 0.390 e. The number of likely N-dealkylation sites (tertiary alicyclic amines) is 1.